The first-order valence-corrected chi connectivity index (χ1v) is 6.58. The van der Waals surface area contributed by atoms with Gasteiger partial charge in [-0.2, -0.15) is 5.26 Å². The Bertz CT molecular complexity index is 489. The molecule has 1 N–H and O–H groups in total. The first-order chi connectivity index (χ1) is 9.11. The van der Waals surface area contributed by atoms with Gasteiger partial charge in [-0.1, -0.05) is 29.8 Å². The Morgan fingerprint density at radius 3 is 2.74 bits per heavy atom. The standard InChI is InChI=1S/C15H19N3O/c1-11-3-5-13(6-4-11)10-18-12(2)9-17-14(7-8-16)15(18)19/h3-6,12,14,17H,7,9-10H2,1-2H3. The highest BCUT2D eigenvalue weighted by Crippen LogP contribution is 2.15. The third-order valence-electron chi connectivity index (χ3n) is 3.54. The Balaban J connectivity index is 2.10. The third kappa shape index (κ3) is 3.12. The summed E-state index contributed by atoms with van der Waals surface area (Å²) in [6.45, 7) is 5.43. The number of nitriles is 1. The number of hydrogen-bond acceptors (Lipinski definition) is 3. The molecule has 1 aliphatic rings. The van der Waals surface area contributed by atoms with Crippen LogP contribution in [0.4, 0.5) is 0 Å². The smallest absolute Gasteiger partial charge is 0.241 e. The molecular formula is C15H19N3O. The number of piperazine rings is 1. The van der Waals surface area contributed by atoms with Crippen LogP contribution in [-0.2, 0) is 11.3 Å². The number of amides is 1. The molecule has 2 rings (SSSR count). The molecule has 100 valence electrons. The summed E-state index contributed by atoms with van der Waals surface area (Å²) in [6.07, 6.45) is 0.232. The van der Waals surface area contributed by atoms with Gasteiger partial charge in [0.2, 0.25) is 5.91 Å². The molecule has 1 aromatic rings. The van der Waals surface area contributed by atoms with E-state index in [1.807, 2.05) is 18.7 Å². The first kappa shape index (κ1) is 13.6. The van der Waals surface area contributed by atoms with Gasteiger partial charge in [-0.05, 0) is 19.4 Å². The summed E-state index contributed by atoms with van der Waals surface area (Å²) >= 11 is 0. The maximum atomic E-state index is 12.3. The lowest BCUT2D eigenvalue weighted by Gasteiger charge is -2.37. The van der Waals surface area contributed by atoms with E-state index in [2.05, 4.69) is 35.7 Å². The summed E-state index contributed by atoms with van der Waals surface area (Å²) in [5, 5.41) is 11.9. The second-order valence-corrected chi connectivity index (χ2v) is 5.12. The van der Waals surface area contributed by atoms with Gasteiger partial charge in [0.15, 0.2) is 0 Å². The van der Waals surface area contributed by atoms with Crippen molar-refractivity contribution in [2.75, 3.05) is 6.54 Å². The Labute approximate surface area is 114 Å². The highest BCUT2D eigenvalue weighted by Gasteiger charge is 2.32. The molecular weight excluding hydrogens is 238 g/mol. The van der Waals surface area contributed by atoms with Crippen molar-refractivity contribution < 1.29 is 4.79 Å². The van der Waals surface area contributed by atoms with E-state index in [1.165, 1.54) is 5.56 Å². The van der Waals surface area contributed by atoms with Crippen LogP contribution in [0.3, 0.4) is 0 Å². The molecule has 0 bridgehead atoms. The van der Waals surface area contributed by atoms with Crippen LogP contribution in [-0.4, -0.2) is 29.4 Å². The van der Waals surface area contributed by atoms with Crippen molar-refractivity contribution in [3.05, 3.63) is 35.4 Å². The Kier molecular flexibility index (Phi) is 4.18. The van der Waals surface area contributed by atoms with Crippen LogP contribution in [0.5, 0.6) is 0 Å². The van der Waals surface area contributed by atoms with Crippen molar-refractivity contribution >= 4 is 5.91 Å². The van der Waals surface area contributed by atoms with Crippen LogP contribution in [0.25, 0.3) is 0 Å². The van der Waals surface area contributed by atoms with Crippen LogP contribution in [0, 0.1) is 18.3 Å². The van der Waals surface area contributed by atoms with Gasteiger partial charge >= 0.3 is 0 Å². The normalized spacial score (nSPS) is 23.2. The van der Waals surface area contributed by atoms with Crippen LogP contribution in [0.2, 0.25) is 0 Å². The average molecular weight is 257 g/mol. The predicted octanol–water partition coefficient (Wildman–Crippen LogP) is 1.60. The van der Waals surface area contributed by atoms with E-state index in [9.17, 15) is 4.79 Å². The zero-order valence-electron chi connectivity index (χ0n) is 11.4. The molecule has 19 heavy (non-hydrogen) atoms. The maximum Gasteiger partial charge on any atom is 0.241 e. The lowest BCUT2D eigenvalue weighted by atomic mass is 10.0. The van der Waals surface area contributed by atoms with Crippen molar-refractivity contribution in [1.82, 2.24) is 10.2 Å². The molecule has 0 aliphatic carbocycles. The van der Waals surface area contributed by atoms with Gasteiger partial charge in [-0.3, -0.25) is 4.79 Å². The van der Waals surface area contributed by atoms with Gasteiger partial charge < -0.3 is 10.2 Å². The van der Waals surface area contributed by atoms with E-state index < -0.39 is 0 Å². The molecule has 0 spiro atoms. The van der Waals surface area contributed by atoms with Crippen molar-refractivity contribution in [3.63, 3.8) is 0 Å². The van der Waals surface area contributed by atoms with Gasteiger partial charge in [-0.15, -0.1) is 0 Å². The lowest BCUT2D eigenvalue weighted by Crippen LogP contribution is -2.58. The topological polar surface area (TPSA) is 56.1 Å². The number of aryl methyl sites for hydroxylation is 1. The Hall–Kier alpha value is -1.86. The number of carbonyl (C=O) groups is 1. The van der Waals surface area contributed by atoms with Crippen molar-refractivity contribution in [2.24, 2.45) is 0 Å². The van der Waals surface area contributed by atoms with E-state index in [0.717, 1.165) is 12.1 Å². The fourth-order valence-electron chi connectivity index (χ4n) is 2.30. The maximum absolute atomic E-state index is 12.3. The molecule has 4 nitrogen and oxygen atoms in total. The molecule has 0 radical (unpaired) electrons. The minimum Gasteiger partial charge on any atom is -0.333 e. The number of benzene rings is 1. The SMILES string of the molecule is Cc1ccc(CN2C(=O)C(CC#N)NCC2C)cc1. The van der Waals surface area contributed by atoms with Crippen LogP contribution >= 0.6 is 0 Å². The highest BCUT2D eigenvalue weighted by molar-refractivity contribution is 5.83. The predicted molar refractivity (Wildman–Crippen MR) is 73.2 cm³/mol. The minimum absolute atomic E-state index is 0.0286. The summed E-state index contributed by atoms with van der Waals surface area (Å²) in [6, 6.07) is 10.1. The van der Waals surface area contributed by atoms with Crippen LogP contribution in [0.1, 0.15) is 24.5 Å². The molecule has 0 aromatic heterocycles. The largest absolute Gasteiger partial charge is 0.333 e. The van der Waals surface area contributed by atoms with Gasteiger partial charge in [0.1, 0.15) is 6.04 Å². The molecule has 4 heteroatoms. The fourth-order valence-corrected chi connectivity index (χ4v) is 2.30. The molecule has 1 aromatic carbocycles. The summed E-state index contributed by atoms with van der Waals surface area (Å²) < 4.78 is 0. The molecule has 1 fully saturated rings. The Morgan fingerprint density at radius 2 is 2.11 bits per heavy atom. The van der Waals surface area contributed by atoms with Gasteiger partial charge in [0.25, 0.3) is 0 Å². The molecule has 1 amide bonds. The van der Waals surface area contributed by atoms with Crippen LogP contribution < -0.4 is 5.32 Å². The lowest BCUT2D eigenvalue weighted by molar-refractivity contribution is -0.138. The number of nitrogens with zero attached hydrogens (tertiary/aromatic N) is 2. The van der Waals surface area contributed by atoms with Crippen molar-refractivity contribution in [1.29, 1.82) is 5.26 Å². The summed E-state index contributed by atoms with van der Waals surface area (Å²) in [4.78, 5) is 14.2. The summed E-state index contributed by atoms with van der Waals surface area (Å²) in [5.41, 5.74) is 2.34. The minimum atomic E-state index is -0.355. The van der Waals surface area contributed by atoms with Crippen LogP contribution in [0.15, 0.2) is 24.3 Å². The number of hydrogen-bond donors (Lipinski definition) is 1. The molecule has 1 heterocycles. The van der Waals surface area contributed by atoms with Gasteiger partial charge in [0, 0.05) is 19.1 Å². The third-order valence-corrected chi connectivity index (χ3v) is 3.54. The number of carbonyl (C=O) groups excluding carboxylic acids is 1. The average Bonchev–Trinajstić information content (AvgIpc) is 2.40. The zero-order chi connectivity index (χ0) is 13.8. The fraction of sp³-hybridized carbons (Fsp3) is 0.467. The van der Waals surface area contributed by atoms with Crippen molar-refractivity contribution in [3.8, 4) is 6.07 Å². The monoisotopic (exact) mass is 257 g/mol. The van der Waals surface area contributed by atoms with Gasteiger partial charge in [-0.25, -0.2) is 0 Å². The van der Waals surface area contributed by atoms with E-state index >= 15 is 0 Å². The first-order valence-electron chi connectivity index (χ1n) is 6.58. The zero-order valence-corrected chi connectivity index (χ0v) is 11.4. The van der Waals surface area contributed by atoms with Gasteiger partial charge in [0.05, 0.1) is 12.5 Å². The Morgan fingerprint density at radius 1 is 1.42 bits per heavy atom. The highest BCUT2D eigenvalue weighted by atomic mass is 16.2. The molecule has 1 saturated heterocycles. The summed E-state index contributed by atoms with van der Waals surface area (Å²) in [5.74, 6) is 0.0286. The number of nitrogens with one attached hydrogen (secondary N) is 1. The van der Waals surface area contributed by atoms with E-state index in [1.54, 1.807) is 0 Å². The second-order valence-electron chi connectivity index (χ2n) is 5.12. The molecule has 2 unspecified atom stereocenters. The summed E-state index contributed by atoms with van der Waals surface area (Å²) in [7, 11) is 0. The second kappa shape index (κ2) is 5.85. The van der Waals surface area contributed by atoms with E-state index in [-0.39, 0.29) is 24.4 Å². The van der Waals surface area contributed by atoms with E-state index in [0.29, 0.717) is 6.54 Å². The van der Waals surface area contributed by atoms with Crippen molar-refractivity contribution in [2.45, 2.75) is 38.9 Å². The molecule has 2 atom stereocenters. The number of rotatable bonds is 3. The molecule has 0 saturated carbocycles. The van der Waals surface area contributed by atoms with E-state index in [4.69, 9.17) is 5.26 Å². The quantitative estimate of drug-likeness (QED) is 0.894. The molecule has 1 aliphatic heterocycles.